The summed E-state index contributed by atoms with van der Waals surface area (Å²) in [5, 5.41) is 6.48. The van der Waals surface area contributed by atoms with Crippen LogP contribution in [0.25, 0.3) is 0 Å². The Balaban J connectivity index is 1.42. The summed E-state index contributed by atoms with van der Waals surface area (Å²) in [7, 11) is 3.87. The van der Waals surface area contributed by atoms with Crippen molar-refractivity contribution in [2.45, 2.75) is 25.4 Å². The molecule has 2 heterocycles. The van der Waals surface area contributed by atoms with Crippen LogP contribution in [-0.4, -0.2) is 72.0 Å². The summed E-state index contributed by atoms with van der Waals surface area (Å²) in [5.41, 5.74) is 1.23. The number of hydrogen-bond donors (Lipinski definition) is 2. The molecule has 1 aliphatic heterocycles. The van der Waals surface area contributed by atoms with Gasteiger partial charge in [0.05, 0.1) is 13.1 Å². The van der Waals surface area contributed by atoms with E-state index < -0.39 is 0 Å². The van der Waals surface area contributed by atoms with Gasteiger partial charge in [0.15, 0.2) is 5.96 Å². The number of carbonyl (C=O) groups excluding carboxylic acids is 1. The zero-order chi connectivity index (χ0) is 16.9. The number of aryl methyl sites for hydroxylation is 1. The topological polar surface area (TPSA) is 64.9 Å². The number of aromatic nitrogens is 1. The molecule has 0 aromatic carbocycles. The van der Waals surface area contributed by atoms with E-state index >= 15 is 0 Å². The highest BCUT2D eigenvalue weighted by molar-refractivity contribution is 5.80. The van der Waals surface area contributed by atoms with Crippen LogP contribution < -0.4 is 10.6 Å². The zero-order valence-corrected chi connectivity index (χ0v) is 14.7. The van der Waals surface area contributed by atoms with Crippen LogP contribution in [0.15, 0.2) is 23.3 Å². The van der Waals surface area contributed by atoms with Crippen LogP contribution in [0, 0.1) is 0 Å². The molecule has 2 fully saturated rings. The molecule has 1 saturated carbocycles. The SMILES string of the molecule is CN=C(NCc1cccn1C)N1CCN(CC(=O)NC2CC2)CC1. The van der Waals surface area contributed by atoms with E-state index in [2.05, 4.69) is 36.1 Å². The van der Waals surface area contributed by atoms with Gasteiger partial charge in [-0.15, -0.1) is 0 Å². The molecule has 0 atom stereocenters. The van der Waals surface area contributed by atoms with Crippen molar-refractivity contribution in [3.05, 3.63) is 24.0 Å². The highest BCUT2D eigenvalue weighted by Crippen LogP contribution is 2.18. The summed E-state index contributed by atoms with van der Waals surface area (Å²) in [6, 6.07) is 4.60. The van der Waals surface area contributed by atoms with Gasteiger partial charge in [0.1, 0.15) is 0 Å². The number of rotatable bonds is 5. The standard InChI is InChI=1S/C17H28N6O/c1-18-17(19-12-15-4-3-7-21(15)2)23-10-8-22(9-11-23)13-16(24)20-14-5-6-14/h3-4,7,14H,5-6,8-13H2,1-2H3,(H,18,19)(H,20,24). The number of hydrogen-bond acceptors (Lipinski definition) is 3. The van der Waals surface area contributed by atoms with Crippen molar-refractivity contribution in [3.8, 4) is 0 Å². The van der Waals surface area contributed by atoms with Crippen LogP contribution in [0.5, 0.6) is 0 Å². The first-order valence-electron chi connectivity index (χ1n) is 8.73. The van der Waals surface area contributed by atoms with Gasteiger partial charge in [-0.25, -0.2) is 0 Å². The Morgan fingerprint density at radius 1 is 1.29 bits per heavy atom. The molecule has 1 saturated heterocycles. The van der Waals surface area contributed by atoms with Crippen molar-refractivity contribution < 1.29 is 4.79 Å². The summed E-state index contributed by atoms with van der Waals surface area (Å²) in [6.07, 6.45) is 4.33. The minimum atomic E-state index is 0.164. The number of nitrogens with one attached hydrogen (secondary N) is 2. The van der Waals surface area contributed by atoms with Gasteiger partial charge >= 0.3 is 0 Å². The minimum absolute atomic E-state index is 0.164. The van der Waals surface area contributed by atoms with Crippen molar-refractivity contribution in [2.24, 2.45) is 12.0 Å². The first kappa shape index (κ1) is 16.8. The monoisotopic (exact) mass is 332 g/mol. The van der Waals surface area contributed by atoms with Crippen LogP contribution in [0.2, 0.25) is 0 Å². The van der Waals surface area contributed by atoms with Crippen molar-refractivity contribution in [2.75, 3.05) is 39.8 Å². The Morgan fingerprint density at radius 2 is 2.04 bits per heavy atom. The van der Waals surface area contributed by atoms with Crippen LogP contribution in [0.4, 0.5) is 0 Å². The molecule has 2 N–H and O–H groups in total. The summed E-state index contributed by atoms with van der Waals surface area (Å²) >= 11 is 0. The highest BCUT2D eigenvalue weighted by Gasteiger charge is 2.25. The van der Waals surface area contributed by atoms with Crippen molar-refractivity contribution in [3.63, 3.8) is 0 Å². The second kappa shape index (κ2) is 7.70. The summed E-state index contributed by atoms with van der Waals surface area (Å²) < 4.78 is 2.11. The lowest BCUT2D eigenvalue weighted by atomic mass is 10.3. The molecule has 1 aromatic heterocycles. The van der Waals surface area contributed by atoms with Crippen molar-refractivity contribution in [1.29, 1.82) is 0 Å². The predicted molar refractivity (Wildman–Crippen MR) is 94.8 cm³/mol. The van der Waals surface area contributed by atoms with E-state index in [9.17, 15) is 4.79 Å². The first-order chi connectivity index (χ1) is 11.7. The van der Waals surface area contributed by atoms with E-state index in [0.29, 0.717) is 12.6 Å². The molecule has 0 unspecified atom stereocenters. The van der Waals surface area contributed by atoms with E-state index in [-0.39, 0.29) is 5.91 Å². The Labute approximate surface area is 143 Å². The Morgan fingerprint density at radius 3 is 2.62 bits per heavy atom. The average molecular weight is 332 g/mol. The summed E-state index contributed by atoms with van der Waals surface area (Å²) in [4.78, 5) is 20.8. The van der Waals surface area contributed by atoms with Gasteiger partial charge in [0, 0.05) is 58.2 Å². The first-order valence-corrected chi connectivity index (χ1v) is 8.73. The molecule has 7 heteroatoms. The maximum absolute atomic E-state index is 11.9. The molecular formula is C17H28N6O. The van der Waals surface area contributed by atoms with Gasteiger partial charge in [0.2, 0.25) is 5.91 Å². The molecule has 132 valence electrons. The molecule has 3 rings (SSSR count). The van der Waals surface area contributed by atoms with E-state index in [1.54, 1.807) is 0 Å². The number of amides is 1. The maximum atomic E-state index is 11.9. The molecule has 1 aliphatic carbocycles. The number of nitrogens with zero attached hydrogens (tertiary/aromatic N) is 4. The van der Waals surface area contributed by atoms with Crippen LogP contribution in [0.1, 0.15) is 18.5 Å². The van der Waals surface area contributed by atoms with Gasteiger partial charge in [-0.05, 0) is 25.0 Å². The second-order valence-corrected chi connectivity index (χ2v) is 6.62. The molecule has 0 spiro atoms. The number of aliphatic imine (C=N–C) groups is 1. The third kappa shape index (κ3) is 4.50. The van der Waals surface area contributed by atoms with Crippen molar-refractivity contribution in [1.82, 2.24) is 25.0 Å². The molecule has 0 bridgehead atoms. The molecule has 1 amide bonds. The largest absolute Gasteiger partial charge is 0.353 e. The molecule has 2 aliphatic rings. The Hall–Kier alpha value is -2.02. The molecule has 1 aromatic rings. The van der Waals surface area contributed by atoms with Crippen LogP contribution in [0.3, 0.4) is 0 Å². The molecule has 0 radical (unpaired) electrons. The predicted octanol–water partition coefficient (Wildman–Crippen LogP) is -0.00330. The normalized spacial score (nSPS) is 19.4. The number of carbonyl (C=O) groups is 1. The number of guanidine groups is 1. The Bertz CT molecular complexity index is 584. The van der Waals surface area contributed by atoms with E-state index in [1.165, 1.54) is 5.69 Å². The van der Waals surface area contributed by atoms with Gasteiger partial charge in [-0.2, -0.15) is 0 Å². The Kier molecular flexibility index (Phi) is 5.40. The molecular weight excluding hydrogens is 304 g/mol. The van der Waals surface area contributed by atoms with Gasteiger partial charge < -0.3 is 20.1 Å². The number of piperazine rings is 1. The lowest BCUT2D eigenvalue weighted by Gasteiger charge is -2.36. The second-order valence-electron chi connectivity index (χ2n) is 6.62. The third-order valence-corrected chi connectivity index (χ3v) is 4.67. The maximum Gasteiger partial charge on any atom is 0.234 e. The highest BCUT2D eigenvalue weighted by atomic mass is 16.2. The summed E-state index contributed by atoms with van der Waals surface area (Å²) in [6.45, 7) is 4.85. The fourth-order valence-electron chi connectivity index (χ4n) is 3.00. The van der Waals surface area contributed by atoms with E-state index in [1.807, 2.05) is 26.4 Å². The fourth-order valence-corrected chi connectivity index (χ4v) is 3.00. The van der Waals surface area contributed by atoms with E-state index in [4.69, 9.17) is 0 Å². The van der Waals surface area contributed by atoms with Crippen LogP contribution in [-0.2, 0) is 18.4 Å². The lowest BCUT2D eigenvalue weighted by Crippen LogP contribution is -2.54. The third-order valence-electron chi connectivity index (χ3n) is 4.67. The summed E-state index contributed by atoms with van der Waals surface area (Å²) in [5.74, 6) is 1.09. The molecule has 7 nitrogen and oxygen atoms in total. The lowest BCUT2D eigenvalue weighted by molar-refractivity contribution is -0.122. The van der Waals surface area contributed by atoms with Gasteiger partial charge in [-0.3, -0.25) is 14.7 Å². The van der Waals surface area contributed by atoms with E-state index in [0.717, 1.165) is 51.5 Å². The van der Waals surface area contributed by atoms with Crippen molar-refractivity contribution >= 4 is 11.9 Å². The zero-order valence-electron chi connectivity index (χ0n) is 14.7. The van der Waals surface area contributed by atoms with Crippen LogP contribution >= 0.6 is 0 Å². The molecule has 24 heavy (non-hydrogen) atoms. The minimum Gasteiger partial charge on any atom is -0.353 e. The fraction of sp³-hybridized carbons (Fsp3) is 0.647. The smallest absolute Gasteiger partial charge is 0.234 e. The quantitative estimate of drug-likeness (QED) is 0.588. The average Bonchev–Trinajstić information content (AvgIpc) is 3.29. The van der Waals surface area contributed by atoms with Gasteiger partial charge in [-0.1, -0.05) is 0 Å². The van der Waals surface area contributed by atoms with Gasteiger partial charge in [0.25, 0.3) is 0 Å².